The molecule has 0 unspecified atom stereocenters. The van der Waals surface area contributed by atoms with E-state index in [-0.39, 0.29) is 28.8 Å². The maximum atomic E-state index is 12.6. The monoisotopic (exact) mass is 500 g/mol. The summed E-state index contributed by atoms with van der Waals surface area (Å²) in [5.41, 5.74) is 1.24. The highest BCUT2D eigenvalue weighted by molar-refractivity contribution is 6.05. The van der Waals surface area contributed by atoms with Crippen molar-refractivity contribution < 1.29 is 23.9 Å². The number of non-ortho nitro benzene ring substituents is 2. The zero-order valence-corrected chi connectivity index (χ0v) is 18.7. The number of nitro benzene ring substituents is 2. The van der Waals surface area contributed by atoms with Gasteiger partial charge < -0.3 is 9.73 Å². The predicted octanol–water partition coefficient (Wildman–Crippen LogP) is 4.46. The molecule has 37 heavy (non-hydrogen) atoms. The van der Waals surface area contributed by atoms with Gasteiger partial charge in [-0.1, -0.05) is 23.3 Å². The Morgan fingerprint density at radius 3 is 2.30 bits per heavy atom. The number of hydrogen-bond acceptors (Lipinski definition) is 9. The summed E-state index contributed by atoms with van der Waals surface area (Å²) in [5, 5.41) is 34.3. The van der Waals surface area contributed by atoms with E-state index in [1.165, 1.54) is 66.7 Å². The van der Waals surface area contributed by atoms with Crippen molar-refractivity contribution in [2.45, 2.75) is 0 Å². The molecule has 2 amide bonds. The maximum absolute atomic E-state index is 12.6. The van der Waals surface area contributed by atoms with Crippen molar-refractivity contribution in [1.29, 1.82) is 0 Å². The van der Waals surface area contributed by atoms with E-state index >= 15 is 0 Å². The summed E-state index contributed by atoms with van der Waals surface area (Å²) in [6.07, 6.45) is 2.64. The molecule has 13 nitrogen and oxygen atoms in total. The minimum absolute atomic E-state index is 0.0572. The average Bonchev–Trinajstić information content (AvgIpc) is 3.36. The van der Waals surface area contributed by atoms with E-state index in [9.17, 15) is 29.8 Å². The first-order valence-corrected chi connectivity index (χ1v) is 10.5. The van der Waals surface area contributed by atoms with Crippen molar-refractivity contribution in [2.75, 3.05) is 10.6 Å². The molecule has 184 valence electrons. The molecule has 0 aliphatic rings. The standard InChI is InChI=1S/C24H16N6O7/c31-21(12-7-15-3-1-6-20(13-15)30(35)36)25-18-5-2-4-17(14-18)22(32)26-24-28-27-23(37-24)16-8-10-19(11-9-16)29(33)34/h1-14H,(H,25,31)(H,26,28,32)/b12-7+. The Balaban J connectivity index is 1.39. The highest BCUT2D eigenvalue weighted by Crippen LogP contribution is 2.23. The van der Waals surface area contributed by atoms with E-state index < -0.39 is 21.7 Å². The minimum Gasteiger partial charge on any atom is -0.403 e. The number of nitro groups is 2. The fourth-order valence-electron chi connectivity index (χ4n) is 3.12. The third kappa shape index (κ3) is 6.24. The number of aromatic nitrogens is 2. The molecule has 0 saturated carbocycles. The Kier molecular flexibility index (Phi) is 7.05. The largest absolute Gasteiger partial charge is 0.403 e. The summed E-state index contributed by atoms with van der Waals surface area (Å²) in [5.74, 6) is -1.03. The van der Waals surface area contributed by atoms with Crippen LogP contribution in [-0.4, -0.2) is 31.9 Å². The number of rotatable bonds is 8. The third-order valence-corrected chi connectivity index (χ3v) is 4.87. The molecule has 0 aliphatic carbocycles. The Hall–Kier alpha value is -5.72. The smallest absolute Gasteiger partial charge is 0.322 e. The summed E-state index contributed by atoms with van der Waals surface area (Å²) in [4.78, 5) is 45.5. The molecule has 0 spiro atoms. The van der Waals surface area contributed by atoms with E-state index in [0.717, 1.165) is 0 Å². The number of amides is 2. The van der Waals surface area contributed by atoms with Crippen LogP contribution < -0.4 is 10.6 Å². The van der Waals surface area contributed by atoms with Crippen LogP contribution >= 0.6 is 0 Å². The van der Waals surface area contributed by atoms with Crippen molar-refractivity contribution in [3.8, 4) is 11.5 Å². The molecule has 0 bridgehead atoms. The summed E-state index contributed by atoms with van der Waals surface area (Å²) in [6, 6.07) is 17.2. The van der Waals surface area contributed by atoms with E-state index in [2.05, 4.69) is 20.8 Å². The molecule has 0 fully saturated rings. The normalized spacial score (nSPS) is 10.7. The molecule has 0 saturated heterocycles. The first-order valence-electron chi connectivity index (χ1n) is 10.5. The minimum atomic E-state index is -0.581. The Morgan fingerprint density at radius 2 is 1.57 bits per heavy atom. The molecule has 4 rings (SSSR count). The summed E-state index contributed by atoms with van der Waals surface area (Å²) in [6.45, 7) is 0. The highest BCUT2D eigenvalue weighted by atomic mass is 16.6. The van der Waals surface area contributed by atoms with Crippen LogP contribution in [-0.2, 0) is 4.79 Å². The third-order valence-electron chi connectivity index (χ3n) is 4.87. The summed E-state index contributed by atoms with van der Waals surface area (Å²) >= 11 is 0. The van der Waals surface area contributed by atoms with Crippen molar-refractivity contribution in [3.05, 3.63) is 110 Å². The molecule has 13 heteroatoms. The van der Waals surface area contributed by atoms with Gasteiger partial charge in [0.05, 0.1) is 9.85 Å². The van der Waals surface area contributed by atoms with E-state index in [1.807, 2.05) is 0 Å². The van der Waals surface area contributed by atoms with Gasteiger partial charge in [-0.05, 0) is 42.0 Å². The molecule has 4 aromatic rings. The second-order valence-electron chi connectivity index (χ2n) is 7.43. The van der Waals surface area contributed by atoms with Gasteiger partial charge in [-0.3, -0.25) is 35.1 Å². The van der Waals surface area contributed by atoms with Gasteiger partial charge in [-0.15, -0.1) is 5.10 Å². The van der Waals surface area contributed by atoms with E-state index in [1.54, 1.807) is 18.2 Å². The fourth-order valence-corrected chi connectivity index (χ4v) is 3.12. The van der Waals surface area contributed by atoms with Gasteiger partial charge in [0.1, 0.15) is 0 Å². The predicted molar refractivity (Wildman–Crippen MR) is 132 cm³/mol. The number of carbonyl (C=O) groups is 2. The molecular weight excluding hydrogens is 484 g/mol. The van der Waals surface area contributed by atoms with Crippen molar-refractivity contribution in [3.63, 3.8) is 0 Å². The van der Waals surface area contributed by atoms with E-state index in [4.69, 9.17) is 4.42 Å². The lowest BCUT2D eigenvalue weighted by molar-refractivity contribution is -0.385. The van der Waals surface area contributed by atoms with Gasteiger partial charge in [-0.2, -0.15) is 0 Å². The summed E-state index contributed by atoms with van der Waals surface area (Å²) < 4.78 is 5.41. The van der Waals surface area contributed by atoms with Crippen LogP contribution in [0.5, 0.6) is 0 Å². The second-order valence-corrected chi connectivity index (χ2v) is 7.43. The Morgan fingerprint density at radius 1 is 0.838 bits per heavy atom. The van der Waals surface area contributed by atoms with Gasteiger partial charge >= 0.3 is 6.01 Å². The zero-order chi connectivity index (χ0) is 26.4. The molecule has 2 N–H and O–H groups in total. The molecular formula is C24H16N6O7. The van der Waals surface area contributed by atoms with Crippen LogP contribution in [0.4, 0.5) is 23.1 Å². The topological polar surface area (TPSA) is 183 Å². The lowest BCUT2D eigenvalue weighted by Crippen LogP contribution is -2.13. The summed E-state index contributed by atoms with van der Waals surface area (Å²) in [7, 11) is 0. The number of carbonyl (C=O) groups excluding carboxylic acids is 2. The second kappa shape index (κ2) is 10.7. The molecule has 0 radical (unpaired) electrons. The quantitative estimate of drug-likeness (QED) is 0.200. The number of benzene rings is 3. The first kappa shape index (κ1) is 24.4. The number of nitrogens with one attached hydrogen (secondary N) is 2. The van der Waals surface area contributed by atoms with Gasteiger partial charge in [0.25, 0.3) is 17.3 Å². The highest BCUT2D eigenvalue weighted by Gasteiger charge is 2.15. The fraction of sp³-hybridized carbons (Fsp3) is 0. The number of anilines is 2. The molecule has 3 aromatic carbocycles. The van der Waals surface area contributed by atoms with Crippen LogP contribution in [0.15, 0.2) is 83.3 Å². The molecule has 1 aromatic heterocycles. The maximum Gasteiger partial charge on any atom is 0.322 e. The van der Waals surface area contributed by atoms with Crippen LogP contribution in [0.2, 0.25) is 0 Å². The van der Waals surface area contributed by atoms with Gasteiger partial charge in [0, 0.05) is 47.2 Å². The zero-order valence-electron chi connectivity index (χ0n) is 18.7. The van der Waals surface area contributed by atoms with Crippen molar-refractivity contribution in [1.82, 2.24) is 10.2 Å². The lowest BCUT2D eigenvalue weighted by atomic mass is 10.1. The van der Waals surface area contributed by atoms with Gasteiger partial charge in [0.2, 0.25) is 11.8 Å². The number of hydrogen-bond donors (Lipinski definition) is 2. The van der Waals surface area contributed by atoms with Crippen LogP contribution in [0, 0.1) is 20.2 Å². The molecule has 0 atom stereocenters. The van der Waals surface area contributed by atoms with Gasteiger partial charge in [-0.25, -0.2) is 0 Å². The van der Waals surface area contributed by atoms with Gasteiger partial charge in [0.15, 0.2) is 0 Å². The Labute approximate surface area is 207 Å². The van der Waals surface area contributed by atoms with Crippen molar-refractivity contribution in [2.24, 2.45) is 0 Å². The SMILES string of the molecule is O=C(/C=C/c1cccc([N+](=O)[O-])c1)Nc1cccc(C(=O)Nc2nnc(-c3ccc([N+](=O)[O-])cc3)o2)c1. The van der Waals surface area contributed by atoms with Crippen molar-refractivity contribution >= 4 is 41.0 Å². The van der Waals surface area contributed by atoms with Crippen LogP contribution in [0.3, 0.4) is 0 Å². The van der Waals surface area contributed by atoms with E-state index in [0.29, 0.717) is 16.8 Å². The molecule has 0 aliphatic heterocycles. The van der Waals surface area contributed by atoms with Crippen LogP contribution in [0.1, 0.15) is 15.9 Å². The molecule has 1 heterocycles. The van der Waals surface area contributed by atoms with Crippen LogP contribution in [0.25, 0.3) is 17.5 Å². The average molecular weight is 500 g/mol. The Bertz CT molecular complexity index is 1530. The lowest BCUT2D eigenvalue weighted by Gasteiger charge is -2.05. The first-order chi connectivity index (χ1) is 17.8. The number of nitrogens with zero attached hydrogens (tertiary/aromatic N) is 4.